The highest BCUT2D eigenvalue weighted by Crippen LogP contribution is 2.42. The summed E-state index contributed by atoms with van der Waals surface area (Å²) in [6.07, 6.45) is -39.0. The van der Waals surface area contributed by atoms with E-state index in [0.717, 1.165) is 50.1 Å². The maximum atomic E-state index is 18.5. The predicted octanol–water partition coefficient (Wildman–Crippen LogP) is 18.8. The van der Waals surface area contributed by atoms with Crippen LogP contribution in [0.25, 0.3) is 0 Å². The fourth-order valence-corrected chi connectivity index (χ4v) is 17.2. The summed E-state index contributed by atoms with van der Waals surface area (Å²) < 4.78 is 156. The highest BCUT2D eigenvalue weighted by molar-refractivity contribution is 5.94. The lowest BCUT2D eigenvalue weighted by Gasteiger charge is -2.50. The number of benzene rings is 12. The van der Waals surface area contributed by atoms with Crippen LogP contribution in [0.1, 0.15) is 165 Å². The second-order valence-electron chi connectivity index (χ2n) is 38.4. The van der Waals surface area contributed by atoms with Gasteiger partial charge in [-0.3, -0.25) is 4.79 Å². The van der Waals surface area contributed by atoms with Crippen LogP contribution in [0.15, 0.2) is 322 Å². The molecule has 29 nitrogen and oxygen atoms in total. The molecule has 0 spiro atoms. The van der Waals surface area contributed by atoms with Crippen molar-refractivity contribution in [3.05, 3.63) is 427 Å². The Hall–Kier alpha value is -14.6. The van der Waals surface area contributed by atoms with Gasteiger partial charge in [0.1, 0.15) is 55.4 Å². The van der Waals surface area contributed by atoms with Crippen molar-refractivity contribution in [1.29, 1.82) is 0 Å². The molecule has 4 heterocycles. The van der Waals surface area contributed by atoms with Gasteiger partial charge in [-0.2, -0.15) is 0 Å². The van der Waals surface area contributed by atoms with Gasteiger partial charge < -0.3 is 94.7 Å². The first-order valence-electron chi connectivity index (χ1n) is 49.6. The fraction of sp³-hybridized carbons (Fsp3) is 0.325. The van der Waals surface area contributed by atoms with Gasteiger partial charge in [0.2, 0.25) is 6.36 Å². The molecule has 4 aliphatic rings. The molecular formula is C120H119FO29. The Morgan fingerprint density at radius 2 is 0.487 bits per heavy atom. The molecule has 0 N–H and O–H groups in total. The zero-order valence-corrected chi connectivity index (χ0v) is 84.5. The molecule has 0 aromatic heterocycles. The Balaban J connectivity index is 0.890. The normalized spacial score (nSPS) is 23.6. The summed E-state index contributed by atoms with van der Waals surface area (Å²) >= 11 is 0. The number of aryl methyl sites for hydroxylation is 7. The van der Waals surface area contributed by atoms with E-state index in [1.807, 2.05) is 105 Å². The second kappa shape index (κ2) is 51.0. The summed E-state index contributed by atoms with van der Waals surface area (Å²) in [5.41, 5.74) is 6.40. The highest BCUT2D eigenvalue weighted by Gasteiger charge is 2.61. The smallest absolute Gasteiger partial charge is 0.338 e. The second-order valence-corrected chi connectivity index (χ2v) is 38.4. The van der Waals surface area contributed by atoms with Gasteiger partial charge in [0.15, 0.2) is 67.7 Å². The third-order valence-corrected chi connectivity index (χ3v) is 25.7. The monoisotopic (exact) mass is 2040 g/mol. The standard InChI is InChI=1S/C120H119FO29/c1-72-36-50-84(51-37-72)108(122)135-69-94-98(143-111(125)86-54-40-74(3)41-55-86)102(145-113(127)88-58-44-76(5)45-59-88)106(148-115(129)90-62-48-78(7)49-63-90)117(140-94)136-70-92-96(133-66-81-30-20-13-21-31-81)100(149-118-104(150-119(130)120(8,9)10)99(134-67-82-32-22-14-23-33-82)95(132-65-80-28-18-12-19-29-80)91(141-118)68-131-64-79-26-16-11-17-27-79)105(147-109(123)83-34-24-15-25-35-83)116(139-92)137-71-93-97(142-110(124)85-52-38-73(2)39-53-85)101(144-112(126)87-56-42-75(4)43-57-87)103(107(121)138-93)146-114(128)89-60-46-77(6)47-61-89/h11-63,91-107,116-118H,64-71H2,1-10H3/t91-,92-,93-,94-,95-,96-,97-,98-,99+,100+,101+,102+,103-,104-,105-,106-,107-,116-,117+,118+/m1/s1. The zero-order valence-electron chi connectivity index (χ0n) is 84.5. The molecule has 16 rings (SSSR count). The first kappa shape index (κ1) is 108. The van der Waals surface area contributed by atoms with Crippen molar-refractivity contribution >= 4 is 53.7 Å². The van der Waals surface area contributed by atoms with E-state index in [-0.39, 0.29) is 77.5 Å². The van der Waals surface area contributed by atoms with Crippen LogP contribution in [0.4, 0.5) is 4.39 Å². The topological polar surface area (TPSA) is 338 Å². The minimum absolute atomic E-state index is 0.00226. The molecule has 12 aromatic rings. The number of carbonyl (C=O) groups is 9. The van der Waals surface area contributed by atoms with Crippen molar-refractivity contribution in [2.45, 2.75) is 219 Å². The van der Waals surface area contributed by atoms with Gasteiger partial charge in [0.05, 0.1) is 96.2 Å². The number of carbonyl (C=O) groups excluding carboxylic acids is 9. The van der Waals surface area contributed by atoms with Crippen LogP contribution in [0.3, 0.4) is 0 Å². The van der Waals surface area contributed by atoms with E-state index < -0.39 is 202 Å². The zero-order chi connectivity index (χ0) is 105. The third-order valence-electron chi connectivity index (χ3n) is 25.7. The van der Waals surface area contributed by atoms with E-state index in [1.54, 1.807) is 189 Å². The lowest BCUT2D eigenvalue weighted by atomic mass is 9.94. The van der Waals surface area contributed by atoms with Gasteiger partial charge in [0, 0.05) is 0 Å². The largest absolute Gasteiger partial charge is 0.459 e. The van der Waals surface area contributed by atoms with Crippen molar-refractivity contribution in [3.8, 4) is 0 Å². The van der Waals surface area contributed by atoms with Crippen molar-refractivity contribution in [2.24, 2.45) is 5.41 Å². The van der Waals surface area contributed by atoms with E-state index in [4.69, 9.17) is 94.7 Å². The summed E-state index contributed by atoms with van der Waals surface area (Å²) in [4.78, 5) is 137. The molecule has 4 fully saturated rings. The molecule has 0 aliphatic carbocycles. The average Bonchev–Trinajstić information content (AvgIpc) is 0.758. The number of hydrogen-bond donors (Lipinski definition) is 0. The molecule has 12 aromatic carbocycles. The van der Waals surface area contributed by atoms with Gasteiger partial charge in [0.25, 0.3) is 0 Å². The first-order valence-corrected chi connectivity index (χ1v) is 49.6. The van der Waals surface area contributed by atoms with Crippen LogP contribution in [-0.2, 0) is 126 Å². The molecular weight excluding hydrogens is 1920 g/mol. The Labute approximate surface area is 868 Å². The van der Waals surface area contributed by atoms with Crippen molar-refractivity contribution in [2.75, 3.05) is 26.4 Å². The number of hydrogen-bond acceptors (Lipinski definition) is 29. The quantitative estimate of drug-likeness (QED) is 0.0255. The Morgan fingerprint density at radius 1 is 0.233 bits per heavy atom. The van der Waals surface area contributed by atoms with E-state index in [9.17, 15) is 9.59 Å². The van der Waals surface area contributed by atoms with Crippen LogP contribution < -0.4 is 0 Å². The Bertz CT molecular complexity index is 6490. The first-order chi connectivity index (χ1) is 72.4. The molecule has 0 unspecified atom stereocenters. The van der Waals surface area contributed by atoms with E-state index in [0.29, 0.717) is 11.1 Å². The molecule has 150 heavy (non-hydrogen) atoms. The Morgan fingerprint density at radius 3 is 0.840 bits per heavy atom. The lowest BCUT2D eigenvalue weighted by Crippen LogP contribution is -2.68. The summed E-state index contributed by atoms with van der Waals surface area (Å²) in [5.74, 6) is -9.19. The van der Waals surface area contributed by atoms with E-state index >= 15 is 38.0 Å². The van der Waals surface area contributed by atoms with Crippen molar-refractivity contribution in [3.63, 3.8) is 0 Å². The van der Waals surface area contributed by atoms with Crippen LogP contribution in [0.5, 0.6) is 0 Å². The van der Waals surface area contributed by atoms with Crippen molar-refractivity contribution < 1.29 is 142 Å². The molecule has 0 amide bonds. The predicted molar refractivity (Wildman–Crippen MR) is 542 cm³/mol. The number of alkyl halides is 1. The number of rotatable bonds is 39. The SMILES string of the molecule is Cc1ccc(C(=O)OC[C@H]2O[C@H](OC[C@H]3O[C@@H](OC[C@H]4O[C@@H](F)[C@H](OC(=O)c5ccc(C)cc5)[C@@H](OC(=O)c5ccc(C)cc5)[C@@H]4OC(=O)c4ccc(C)cc4)[C@H](OC(=O)c4ccccc4)[C@@H](O[C@@H]4O[C@H](COCc5ccccc5)[C@@H](OCc5ccccc5)[C@H](OCc5ccccc5)[C@H]4OC(=O)C(C)(C)C)[C@@H]3OCc3ccccc3)[C@H](OC(=O)c3ccc(C)cc3)[C@@H](OC(=O)c3ccc(C)cc3)[C@@H]2OC(=O)c2ccc(C)cc2)cc1. The van der Waals surface area contributed by atoms with E-state index in [1.165, 1.54) is 97.1 Å². The summed E-state index contributed by atoms with van der Waals surface area (Å²) in [6.45, 7) is 13.8. The van der Waals surface area contributed by atoms with Gasteiger partial charge in [-0.1, -0.05) is 263 Å². The lowest BCUT2D eigenvalue weighted by molar-refractivity contribution is -0.377. The Kier molecular flexibility index (Phi) is 36.8. The summed E-state index contributed by atoms with van der Waals surface area (Å²) in [5, 5.41) is 0. The van der Waals surface area contributed by atoms with Crippen molar-refractivity contribution in [1.82, 2.24) is 0 Å². The minimum Gasteiger partial charge on any atom is -0.459 e. The van der Waals surface area contributed by atoms with Gasteiger partial charge >= 0.3 is 53.7 Å². The fourth-order valence-electron chi connectivity index (χ4n) is 17.2. The molecule has 0 radical (unpaired) electrons. The maximum absolute atomic E-state index is 18.5. The van der Waals surface area contributed by atoms with Gasteiger partial charge in [-0.05, 0) is 189 Å². The highest BCUT2D eigenvalue weighted by atomic mass is 19.1. The van der Waals surface area contributed by atoms with E-state index in [2.05, 4.69) is 0 Å². The molecule has 4 saturated heterocycles. The molecule has 0 bridgehead atoms. The minimum atomic E-state index is -2.80. The molecule has 30 heteroatoms. The molecule has 20 atom stereocenters. The van der Waals surface area contributed by atoms with Crippen LogP contribution >= 0.6 is 0 Å². The third kappa shape index (κ3) is 28.7. The molecule has 780 valence electrons. The molecule has 0 saturated carbocycles. The van der Waals surface area contributed by atoms with Crippen LogP contribution in [0, 0.1) is 53.9 Å². The number of esters is 9. The number of halogens is 1. The summed E-state index contributed by atoms with van der Waals surface area (Å²) in [7, 11) is 0. The van der Waals surface area contributed by atoms with Gasteiger partial charge in [-0.25, -0.2) is 42.7 Å². The summed E-state index contributed by atoms with van der Waals surface area (Å²) in [6, 6.07) is 88.0. The van der Waals surface area contributed by atoms with Crippen LogP contribution in [0.2, 0.25) is 0 Å². The average molecular weight is 2040 g/mol. The molecule has 4 aliphatic heterocycles. The van der Waals surface area contributed by atoms with Crippen LogP contribution in [-0.4, -0.2) is 203 Å². The maximum Gasteiger partial charge on any atom is 0.338 e. The number of ether oxygens (including phenoxy) is 20. The van der Waals surface area contributed by atoms with Gasteiger partial charge in [-0.15, -0.1) is 0 Å².